The van der Waals surface area contributed by atoms with Crippen molar-refractivity contribution in [2.45, 2.75) is 0 Å². The van der Waals surface area contributed by atoms with Gasteiger partial charge in [0.15, 0.2) is 0 Å². The lowest BCUT2D eigenvalue weighted by molar-refractivity contribution is 1.29. The molecule has 0 radical (unpaired) electrons. The van der Waals surface area contributed by atoms with Crippen LogP contribution in [0.1, 0.15) is 0 Å². The molecule has 11 aromatic rings. The summed E-state index contributed by atoms with van der Waals surface area (Å²) in [7, 11) is 0. The lowest BCUT2D eigenvalue weighted by Crippen LogP contribution is -2.10. The first kappa shape index (κ1) is 28.7. The van der Waals surface area contributed by atoms with Crippen LogP contribution < -0.4 is 4.90 Å². The van der Waals surface area contributed by atoms with Gasteiger partial charge in [0.1, 0.15) is 0 Å². The molecule has 3 aromatic heterocycles. The van der Waals surface area contributed by atoms with E-state index in [1.807, 2.05) is 28.7 Å². The second-order valence-corrected chi connectivity index (χ2v) is 15.3. The van der Waals surface area contributed by atoms with Crippen molar-refractivity contribution in [1.29, 1.82) is 0 Å². The third-order valence-electron chi connectivity index (χ3n) is 10.2. The molecule has 3 heterocycles. The molecule has 0 spiro atoms. The van der Waals surface area contributed by atoms with Crippen molar-refractivity contribution in [2.75, 3.05) is 4.90 Å². The van der Waals surface area contributed by atoms with Crippen molar-refractivity contribution in [3.05, 3.63) is 170 Å². The van der Waals surface area contributed by atoms with Crippen molar-refractivity contribution in [3.8, 4) is 11.3 Å². The highest BCUT2D eigenvalue weighted by molar-refractivity contribution is 7.27. The number of nitrogens with zero attached hydrogens (tertiary/aromatic N) is 2. The van der Waals surface area contributed by atoms with Gasteiger partial charge in [0, 0.05) is 79.1 Å². The normalized spacial score (nSPS) is 11.9. The number of aromatic nitrogens is 1. The maximum Gasteiger partial charge on any atom is 0.0709 e. The molecule has 0 amide bonds. The van der Waals surface area contributed by atoms with Gasteiger partial charge in [-0.1, -0.05) is 109 Å². The maximum atomic E-state index is 4.99. The molecule has 2 nitrogen and oxygen atoms in total. The minimum atomic E-state index is 0.975. The van der Waals surface area contributed by atoms with Gasteiger partial charge in [-0.05, 0) is 71.4 Å². The zero-order valence-electron chi connectivity index (χ0n) is 27.4. The van der Waals surface area contributed by atoms with Crippen LogP contribution in [0.15, 0.2) is 170 Å². The summed E-state index contributed by atoms with van der Waals surface area (Å²) in [6.07, 6.45) is 0. The first-order valence-electron chi connectivity index (χ1n) is 17.2. The van der Waals surface area contributed by atoms with E-state index < -0.39 is 0 Å². The van der Waals surface area contributed by atoms with Crippen LogP contribution in [0.25, 0.3) is 84.0 Å². The van der Waals surface area contributed by atoms with E-state index in [0.717, 1.165) is 39.2 Å². The predicted octanol–water partition coefficient (Wildman–Crippen LogP) is 14.4. The molecule has 0 aliphatic rings. The van der Waals surface area contributed by atoms with Crippen molar-refractivity contribution in [1.82, 2.24) is 4.98 Å². The Morgan fingerprint density at radius 2 is 0.882 bits per heavy atom. The molecule has 51 heavy (non-hydrogen) atoms. The van der Waals surface area contributed by atoms with Gasteiger partial charge in [0.05, 0.1) is 11.2 Å². The Morgan fingerprint density at radius 1 is 0.373 bits per heavy atom. The Bertz CT molecular complexity index is 3000. The summed E-state index contributed by atoms with van der Waals surface area (Å²) in [5.74, 6) is 0. The van der Waals surface area contributed by atoms with Gasteiger partial charge in [-0.2, -0.15) is 0 Å². The number of anilines is 3. The Labute approximate surface area is 302 Å². The summed E-state index contributed by atoms with van der Waals surface area (Å²) in [6, 6.07) is 61.9. The monoisotopic (exact) mass is 684 g/mol. The van der Waals surface area contributed by atoms with E-state index in [2.05, 4.69) is 169 Å². The quantitative estimate of drug-likeness (QED) is 0.183. The molecular weight excluding hydrogens is 657 g/mol. The van der Waals surface area contributed by atoms with E-state index >= 15 is 0 Å². The lowest BCUT2D eigenvalue weighted by Gasteiger charge is -2.26. The molecule has 238 valence electrons. The van der Waals surface area contributed by atoms with E-state index in [-0.39, 0.29) is 0 Å². The second-order valence-electron chi connectivity index (χ2n) is 13.2. The van der Waals surface area contributed by atoms with Crippen LogP contribution >= 0.6 is 22.7 Å². The molecule has 0 saturated heterocycles. The summed E-state index contributed by atoms with van der Waals surface area (Å²) in [6.45, 7) is 0. The SMILES string of the molecule is c1ccc2nc(-c3ccc(N(c4ccc5ccc6c7ccccc7sc6c5c4)c4ccc5ccc6c7ccccc7sc6c5c4)cc3)ccc2c1. The van der Waals surface area contributed by atoms with Crippen LogP contribution in [0.2, 0.25) is 0 Å². The molecule has 11 rings (SSSR count). The standard InChI is InChI=1S/C47H28N2S2/c1-4-10-42-31(7-1)19-26-43(48-42)32-15-20-33(21-16-32)49(34-22-13-29-17-24-38-36-8-2-5-11-44(36)50-46(38)40(29)27-34)35-23-14-30-18-25-39-37-9-3-6-12-45(37)51-47(39)41(30)28-35/h1-28H. The van der Waals surface area contributed by atoms with Gasteiger partial charge >= 0.3 is 0 Å². The average molecular weight is 685 g/mol. The van der Waals surface area contributed by atoms with Gasteiger partial charge in [0.25, 0.3) is 0 Å². The fraction of sp³-hybridized carbons (Fsp3) is 0. The highest BCUT2D eigenvalue weighted by Crippen LogP contribution is 2.44. The predicted molar refractivity (Wildman–Crippen MR) is 223 cm³/mol. The fourth-order valence-corrected chi connectivity index (χ4v) is 10.2. The fourth-order valence-electron chi connectivity index (χ4n) is 7.71. The van der Waals surface area contributed by atoms with Gasteiger partial charge in [-0.15, -0.1) is 22.7 Å². The van der Waals surface area contributed by atoms with Crippen molar-refractivity contribution < 1.29 is 0 Å². The van der Waals surface area contributed by atoms with Crippen LogP contribution in [-0.2, 0) is 0 Å². The number of pyridine rings is 1. The van der Waals surface area contributed by atoms with Crippen LogP contribution in [0.3, 0.4) is 0 Å². The number of hydrogen-bond acceptors (Lipinski definition) is 4. The Balaban J connectivity index is 1.12. The van der Waals surface area contributed by atoms with Gasteiger partial charge < -0.3 is 4.90 Å². The van der Waals surface area contributed by atoms with Crippen LogP contribution in [-0.4, -0.2) is 4.98 Å². The molecule has 8 aromatic carbocycles. The van der Waals surface area contributed by atoms with Gasteiger partial charge in [-0.3, -0.25) is 0 Å². The minimum Gasteiger partial charge on any atom is -0.310 e. The number of para-hydroxylation sites is 1. The highest BCUT2D eigenvalue weighted by atomic mass is 32.1. The van der Waals surface area contributed by atoms with Crippen LogP contribution in [0.4, 0.5) is 17.1 Å². The molecule has 0 atom stereocenters. The van der Waals surface area contributed by atoms with E-state index in [1.54, 1.807) is 0 Å². The van der Waals surface area contributed by atoms with Crippen molar-refractivity contribution in [3.63, 3.8) is 0 Å². The molecule has 0 aliphatic heterocycles. The van der Waals surface area contributed by atoms with Gasteiger partial charge in [0.2, 0.25) is 0 Å². The smallest absolute Gasteiger partial charge is 0.0709 e. The molecule has 4 heteroatoms. The summed E-state index contributed by atoms with van der Waals surface area (Å²) in [4.78, 5) is 7.40. The van der Waals surface area contributed by atoms with Gasteiger partial charge in [-0.25, -0.2) is 4.98 Å². The number of benzene rings is 8. The zero-order valence-corrected chi connectivity index (χ0v) is 29.0. The summed E-state index contributed by atoms with van der Waals surface area (Å²) >= 11 is 3.77. The number of rotatable bonds is 4. The van der Waals surface area contributed by atoms with Crippen LogP contribution in [0, 0.1) is 0 Å². The molecule has 0 aliphatic carbocycles. The first-order valence-corrected chi connectivity index (χ1v) is 18.8. The zero-order chi connectivity index (χ0) is 33.5. The number of fused-ring (bicyclic) bond motifs is 11. The van der Waals surface area contributed by atoms with E-state index in [9.17, 15) is 0 Å². The maximum absolute atomic E-state index is 4.99. The largest absolute Gasteiger partial charge is 0.310 e. The topological polar surface area (TPSA) is 16.1 Å². The Hall–Kier alpha value is -6.07. The van der Waals surface area contributed by atoms with Crippen molar-refractivity contribution in [2.24, 2.45) is 0 Å². The lowest BCUT2D eigenvalue weighted by atomic mass is 10.0. The molecule has 0 N–H and O–H groups in total. The molecular formula is C47H28N2S2. The van der Waals surface area contributed by atoms with E-state index in [4.69, 9.17) is 4.98 Å². The second kappa shape index (κ2) is 11.2. The highest BCUT2D eigenvalue weighted by Gasteiger charge is 2.18. The summed E-state index contributed by atoms with van der Waals surface area (Å²) in [5, 5.41) is 11.5. The number of thiophene rings is 2. The summed E-state index contributed by atoms with van der Waals surface area (Å²) in [5.41, 5.74) is 6.44. The van der Waals surface area contributed by atoms with E-state index in [0.29, 0.717) is 0 Å². The van der Waals surface area contributed by atoms with E-state index in [1.165, 1.54) is 61.9 Å². The van der Waals surface area contributed by atoms with Crippen molar-refractivity contribution >= 4 is 113 Å². The Kier molecular flexibility index (Phi) is 6.32. The Morgan fingerprint density at radius 3 is 1.51 bits per heavy atom. The minimum absolute atomic E-state index is 0.975. The first-order chi connectivity index (χ1) is 25.2. The summed E-state index contributed by atoms with van der Waals surface area (Å²) < 4.78 is 5.31. The third kappa shape index (κ3) is 4.58. The number of hydrogen-bond donors (Lipinski definition) is 0. The molecule has 0 saturated carbocycles. The average Bonchev–Trinajstić information content (AvgIpc) is 3.77. The molecule has 0 fully saturated rings. The van der Waals surface area contributed by atoms with Crippen LogP contribution in [0.5, 0.6) is 0 Å². The third-order valence-corrected chi connectivity index (χ3v) is 12.7. The molecule has 0 bridgehead atoms. The molecule has 0 unspecified atom stereocenters.